The van der Waals surface area contributed by atoms with Crippen LogP contribution in [0.4, 0.5) is 26.2 Å². The molecule has 2 aliphatic heterocycles. The molecule has 63 heavy (non-hydrogen) atoms. The van der Waals surface area contributed by atoms with E-state index in [0.717, 1.165) is 79.2 Å². The summed E-state index contributed by atoms with van der Waals surface area (Å²) in [4.78, 5) is 80.7. The maximum absolute atomic E-state index is 13.3. The molecule has 0 radical (unpaired) electrons. The minimum absolute atomic E-state index is 0.0313. The Hall–Kier alpha value is -4.64. The summed E-state index contributed by atoms with van der Waals surface area (Å²) in [6, 6.07) is 13.5. The number of morpholine rings is 1. The molecule has 340 valence electrons. The predicted octanol–water partition coefficient (Wildman–Crippen LogP) is 7.08. The number of Topliss-reactive ketones (excluding diaryl/α,β-unsaturated/α-hetero) is 2. The molecule has 1 aromatic heterocycles. The molecule has 16 heteroatoms. The van der Waals surface area contributed by atoms with E-state index in [4.69, 9.17) is 9.47 Å². The fraction of sp³-hybridized carbons (Fsp3) is 0.574. The van der Waals surface area contributed by atoms with Gasteiger partial charge in [-0.25, -0.2) is 9.59 Å². The average molecular weight is 890 g/mol. The van der Waals surface area contributed by atoms with Gasteiger partial charge in [-0.1, -0.05) is 37.7 Å². The Labute approximate surface area is 371 Å². The van der Waals surface area contributed by atoms with Crippen molar-refractivity contribution in [3.8, 4) is 0 Å². The SMILES string of the molecule is CC(=O)[C@H]1CC[C@H]2[C@@H]3CC[C@H]4C[C@H](O)CC[C@]4(C)[C@H]3C(=O)C[C@]12C.CCOC(=O)Nc1ccc2c(c1)N(C(=O)CCN1CCOCC1)c1ccccc1S2.O=c1[nH]cc(F)c(=O)[nH]1. The fourth-order valence-electron chi connectivity index (χ4n) is 11.7. The molecule has 9 rings (SSSR count). The summed E-state index contributed by atoms with van der Waals surface area (Å²) in [5.41, 5.74) is 0.518. The number of benzene rings is 2. The van der Waals surface area contributed by atoms with Crippen molar-refractivity contribution in [3.05, 3.63) is 75.3 Å². The van der Waals surface area contributed by atoms with Crippen LogP contribution in [0.2, 0.25) is 0 Å². The number of fused-ring (bicyclic) bond motifs is 7. The highest BCUT2D eigenvalue weighted by Crippen LogP contribution is 2.66. The highest BCUT2D eigenvalue weighted by molar-refractivity contribution is 7.99. The summed E-state index contributed by atoms with van der Waals surface area (Å²) in [7, 11) is 0. The van der Waals surface area contributed by atoms with Crippen LogP contribution in [0.3, 0.4) is 0 Å². The molecule has 1 saturated heterocycles. The smallest absolute Gasteiger partial charge is 0.411 e. The molecule has 3 heterocycles. The zero-order valence-electron chi connectivity index (χ0n) is 36.6. The second-order valence-corrected chi connectivity index (χ2v) is 19.4. The molecule has 6 aliphatic rings. The standard InChI is InChI=1S/C22H25N3O4S.C21H32O3.C4H3FN2O2/c1-2-29-22(27)23-16-7-8-20-18(15-16)25(17-5-3-4-6-19(17)30-20)21(26)9-10-24-11-13-28-14-12-24;1-12(22)16-6-7-17-15-5-4-13-10-14(23)8-9-20(13,2)19(15)18(24)11-21(16,17)3;5-2-1-6-4(9)7-3(2)8/h3-8,15H,2,9-14H2,1H3,(H,23,27);13-17,19,23H,4-11H2,1-3H3;1H,(H2,6,7,8,9)/t;13-,14+,15-,16+,17-,19+,20-,21+;/m.0./s1. The number of carbonyl (C=O) groups excluding carboxylic acids is 4. The van der Waals surface area contributed by atoms with E-state index in [9.17, 15) is 38.3 Å². The molecule has 4 N–H and O–H groups in total. The maximum Gasteiger partial charge on any atom is 0.411 e. The van der Waals surface area contributed by atoms with Crippen LogP contribution in [0.15, 0.2) is 68.0 Å². The van der Waals surface area contributed by atoms with E-state index in [1.807, 2.05) is 47.4 Å². The number of anilines is 3. The molecule has 4 aliphatic carbocycles. The second-order valence-electron chi connectivity index (χ2n) is 18.3. The first-order valence-corrected chi connectivity index (χ1v) is 23.1. The summed E-state index contributed by atoms with van der Waals surface area (Å²) in [6.45, 7) is 12.2. The first-order chi connectivity index (χ1) is 30.1. The quantitative estimate of drug-likeness (QED) is 0.198. The first kappa shape index (κ1) is 46.4. The summed E-state index contributed by atoms with van der Waals surface area (Å²) in [5.74, 6) is 1.52. The Morgan fingerprint density at radius 1 is 0.984 bits per heavy atom. The van der Waals surface area contributed by atoms with Crippen LogP contribution in [0.25, 0.3) is 0 Å². The van der Waals surface area contributed by atoms with Crippen molar-refractivity contribution >= 4 is 52.4 Å². The molecule has 0 unspecified atom stereocenters. The number of hydrogen-bond acceptors (Lipinski definition) is 11. The van der Waals surface area contributed by atoms with Gasteiger partial charge in [0, 0.05) is 66.0 Å². The lowest BCUT2D eigenvalue weighted by atomic mass is 9.44. The lowest BCUT2D eigenvalue weighted by Crippen LogP contribution is -2.58. The molecule has 8 atom stereocenters. The molecule has 3 aromatic rings. The molecule has 14 nitrogen and oxygen atoms in total. The van der Waals surface area contributed by atoms with Crippen LogP contribution in [0.1, 0.15) is 85.5 Å². The Bertz CT molecular complexity index is 2300. The highest BCUT2D eigenvalue weighted by Gasteiger charge is 2.63. The minimum atomic E-state index is -1.00. The van der Waals surface area contributed by atoms with Gasteiger partial charge in [-0.15, -0.1) is 0 Å². The third kappa shape index (κ3) is 9.88. The molecule has 0 spiro atoms. The van der Waals surface area contributed by atoms with Crippen molar-refractivity contribution in [2.75, 3.05) is 49.7 Å². The van der Waals surface area contributed by atoms with Crippen molar-refractivity contribution in [1.82, 2.24) is 14.9 Å². The number of rotatable bonds is 6. The van der Waals surface area contributed by atoms with Crippen LogP contribution < -0.4 is 21.5 Å². The lowest BCUT2D eigenvalue weighted by Gasteiger charge is -2.59. The Balaban J connectivity index is 0.000000160. The van der Waals surface area contributed by atoms with E-state index in [1.54, 1.807) is 35.5 Å². The van der Waals surface area contributed by atoms with Crippen molar-refractivity contribution in [2.24, 2.45) is 40.4 Å². The average Bonchev–Trinajstić information content (AvgIpc) is 3.61. The number of aliphatic hydroxyl groups excluding tert-OH is 1. The van der Waals surface area contributed by atoms with Gasteiger partial charge in [0.1, 0.15) is 11.6 Å². The fourth-order valence-corrected chi connectivity index (χ4v) is 12.7. The van der Waals surface area contributed by atoms with Gasteiger partial charge in [-0.05, 0) is 118 Å². The predicted molar refractivity (Wildman–Crippen MR) is 237 cm³/mol. The Morgan fingerprint density at radius 3 is 2.44 bits per heavy atom. The first-order valence-electron chi connectivity index (χ1n) is 22.3. The van der Waals surface area contributed by atoms with Crippen molar-refractivity contribution < 1.29 is 38.1 Å². The van der Waals surface area contributed by atoms with Crippen LogP contribution in [0.5, 0.6) is 0 Å². The topological polar surface area (TPSA) is 191 Å². The van der Waals surface area contributed by atoms with Crippen molar-refractivity contribution in [3.63, 3.8) is 0 Å². The normalized spacial score (nSPS) is 29.4. The van der Waals surface area contributed by atoms with Crippen LogP contribution in [0, 0.1) is 46.2 Å². The van der Waals surface area contributed by atoms with E-state index < -0.39 is 23.2 Å². The van der Waals surface area contributed by atoms with Gasteiger partial charge in [0.15, 0.2) is 0 Å². The van der Waals surface area contributed by atoms with Gasteiger partial charge in [-0.2, -0.15) is 4.39 Å². The van der Waals surface area contributed by atoms with Gasteiger partial charge < -0.3 is 19.6 Å². The highest BCUT2D eigenvalue weighted by atomic mass is 32.2. The number of ketones is 2. The number of nitrogens with one attached hydrogen (secondary N) is 3. The minimum Gasteiger partial charge on any atom is -0.450 e. The van der Waals surface area contributed by atoms with Crippen molar-refractivity contribution in [2.45, 2.75) is 101 Å². The number of amides is 2. The van der Waals surface area contributed by atoms with Crippen LogP contribution in [-0.2, 0) is 23.9 Å². The number of aromatic amines is 2. The van der Waals surface area contributed by atoms with E-state index >= 15 is 0 Å². The third-order valence-corrected chi connectivity index (χ3v) is 15.8. The summed E-state index contributed by atoms with van der Waals surface area (Å²) in [5, 5.41) is 12.8. The lowest BCUT2D eigenvalue weighted by molar-refractivity contribution is -0.162. The van der Waals surface area contributed by atoms with E-state index in [-0.39, 0.29) is 40.5 Å². The number of hydrogen-bond donors (Lipinski definition) is 4. The number of ether oxygens (including phenoxy) is 2. The second kappa shape index (κ2) is 19.6. The molecular weight excluding hydrogens is 830 g/mol. The number of halogens is 1. The summed E-state index contributed by atoms with van der Waals surface area (Å²) < 4.78 is 22.4. The number of nitrogens with zero attached hydrogens (tertiary/aromatic N) is 2. The van der Waals surface area contributed by atoms with Gasteiger partial charge in [0.25, 0.3) is 5.56 Å². The molecule has 5 fully saturated rings. The molecule has 0 bridgehead atoms. The number of H-pyrrole nitrogens is 2. The Morgan fingerprint density at radius 2 is 1.73 bits per heavy atom. The number of aliphatic hydroxyl groups is 1. The van der Waals surface area contributed by atoms with Crippen LogP contribution in [-0.4, -0.2) is 89.1 Å². The van der Waals surface area contributed by atoms with Gasteiger partial charge in [0.05, 0.1) is 37.3 Å². The number of para-hydroxylation sites is 1. The zero-order chi connectivity index (χ0) is 45.1. The maximum atomic E-state index is 13.3. The zero-order valence-corrected chi connectivity index (χ0v) is 37.4. The molecule has 2 aromatic carbocycles. The Kier molecular flexibility index (Phi) is 14.4. The van der Waals surface area contributed by atoms with E-state index in [1.165, 1.54) is 0 Å². The third-order valence-electron chi connectivity index (χ3n) is 14.6. The van der Waals surface area contributed by atoms with Gasteiger partial charge in [0.2, 0.25) is 11.7 Å². The number of aromatic nitrogens is 2. The monoisotopic (exact) mass is 889 g/mol. The summed E-state index contributed by atoms with van der Waals surface area (Å²) >= 11 is 1.62. The molecular formula is C47H60FN5O9S. The van der Waals surface area contributed by atoms with Crippen LogP contribution >= 0.6 is 11.8 Å². The number of carbonyl (C=O) groups is 4. The summed E-state index contributed by atoms with van der Waals surface area (Å²) in [6.07, 6.45) is 8.14. The molecule has 2 amide bonds. The molecule has 4 saturated carbocycles. The largest absolute Gasteiger partial charge is 0.450 e. The van der Waals surface area contributed by atoms with E-state index in [2.05, 4.69) is 24.1 Å². The van der Waals surface area contributed by atoms with Crippen molar-refractivity contribution in [1.29, 1.82) is 0 Å². The van der Waals surface area contributed by atoms with Gasteiger partial charge >= 0.3 is 11.8 Å². The van der Waals surface area contributed by atoms with Gasteiger partial charge in [-0.3, -0.25) is 39.3 Å². The van der Waals surface area contributed by atoms with E-state index in [0.29, 0.717) is 74.6 Å².